The van der Waals surface area contributed by atoms with Crippen molar-refractivity contribution in [2.45, 2.75) is 31.7 Å². The van der Waals surface area contributed by atoms with Gasteiger partial charge in [-0.05, 0) is 38.3 Å². The molecule has 3 rings (SSSR count). The summed E-state index contributed by atoms with van der Waals surface area (Å²) in [6, 6.07) is -0.0807. The lowest BCUT2D eigenvalue weighted by Gasteiger charge is -2.39. The van der Waals surface area contributed by atoms with Crippen molar-refractivity contribution >= 4 is 11.8 Å². The van der Waals surface area contributed by atoms with E-state index in [1.807, 2.05) is 0 Å². The Labute approximate surface area is 126 Å². The maximum absolute atomic E-state index is 11.9. The Morgan fingerprint density at radius 2 is 1.71 bits per heavy atom. The SMILES string of the molecule is O=C1CCC(N2CCC(CN3CCNCC3)CC2)C(=O)N1. The predicted molar refractivity (Wildman–Crippen MR) is 79.8 cm³/mol. The largest absolute Gasteiger partial charge is 0.314 e. The number of hydrogen-bond donors (Lipinski definition) is 2. The molecule has 118 valence electrons. The molecule has 0 saturated carbocycles. The number of nitrogens with zero attached hydrogens (tertiary/aromatic N) is 2. The van der Waals surface area contributed by atoms with E-state index in [0.29, 0.717) is 12.8 Å². The lowest BCUT2D eigenvalue weighted by atomic mass is 9.93. The number of amides is 2. The minimum absolute atomic E-state index is 0.0807. The monoisotopic (exact) mass is 294 g/mol. The normalized spacial score (nSPS) is 30.4. The van der Waals surface area contributed by atoms with Crippen LogP contribution in [0.4, 0.5) is 0 Å². The predicted octanol–water partition coefficient (Wildman–Crippen LogP) is -0.591. The molecule has 0 aliphatic carbocycles. The Bertz CT molecular complexity index is 387. The van der Waals surface area contributed by atoms with Gasteiger partial charge >= 0.3 is 0 Å². The maximum Gasteiger partial charge on any atom is 0.243 e. The van der Waals surface area contributed by atoms with Crippen LogP contribution in [0.15, 0.2) is 0 Å². The number of nitrogens with one attached hydrogen (secondary N) is 2. The standard InChI is InChI=1S/C15H26N4O2/c20-14-2-1-13(15(21)17-14)19-7-3-12(4-8-19)11-18-9-5-16-6-10-18/h12-13,16H,1-11H2,(H,17,20,21). The van der Waals surface area contributed by atoms with Gasteiger partial charge in [-0.15, -0.1) is 0 Å². The smallest absolute Gasteiger partial charge is 0.243 e. The third kappa shape index (κ3) is 3.81. The second-order valence-corrected chi connectivity index (χ2v) is 6.50. The first kappa shape index (κ1) is 14.9. The molecule has 3 aliphatic rings. The number of piperazine rings is 1. The molecule has 0 bridgehead atoms. The van der Waals surface area contributed by atoms with Crippen LogP contribution in [-0.2, 0) is 9.59 Å². The van der Waals surface area contributed by atoms with Gasteiger partial charge in [0.15, 0.2) is 0 Å². The molecule has 0 radical (unpaired) electrons. The van der Waals surface area contributed by atoms with Crippen LogP contribution >= 0.6 is 0 Å². The first-order valence-electron chi connectivity index (χ1n) is 8.23. The molecule has 0 aromatic rings. The van der Waals surface area contributed by atoms with Crippen molar-refractivity contribution in [2.24, 2.45) is 5.92 Å². The highest BCUT2D eigenvalue weighted by Crippen LogP contribution is 2.23. The average Bonchev–Trinajstić information content (AvgIpc) is 2.49. The highest BCUT2D eigenvalue weighted by Gasteiger charge is 2.34. The summed E-state index contributed by atoms with van der Waals surface area (Å²) in [5.74, 6) is 0.546. The summed E-state index contributed by atoms with van der Waals surface area (Å²) < 4.78 is 0. The van der Waals surface area contributed by atoms with Crippen LogP contribution in [0.2, 0.25) is 0 Å². The maximum atomic E-state index is 11.9. The number of carbonyl (C=O) groups excluding carboxylic acids is 2. The van der Waals surface area contributed by atoms with Crippen molar-refractivity contribution in [3.8, 4) is 0 Å². The molecule has 1 unspecified atom stereocenters. The Hall–Kier alpha value is -0.980. The van der Waals surface area contributed by atoms with E-state index in [9.17, 15) is 9.59 Å². The fourth-order valence-corrected chi connectivity index (χ4v) is 3.74. The summed E-state index contributed by atoms with van der Waals surface area (Å²) in [5, 5.41) is 5.86. The minimum Gasteiger partial charge on any atom is -0.314 e. The molecular formula is C15H26N4O2. The van der Waals surface area contributed by atoms with E-state index in [1.165, 1.54) is 19.4 Å². The molecule has 21 heavy (non-hydrogen) atoms. The van der Waals surface area contributed by atoms with Gasteiger partial charge in [0, 0.05) is 39.1 Å². The van der Waals surface area contributed by atoms with E-state index < -0.39 is 0 Å². The van der Waals surface area contributed by atoms with Crippen LogP contribution < -0.4 is 10.6 Å². The van der Waals surface area contributed by atoms with Gasteiger partial charge in [-0.1, -0.05) is 0 Å². The summed E-state index contributed by atoms with van der Waals surface area (Å²) in [6.07, 6.45) is 3.51. The third-order valence-electron chi connectivity index (χ3n) is 5.03. The topological polar surface area (TPSA) is 64.7 Å². The van der Waals surface area contributed by atoms with Crippen molar-refractivity contribution in [1.29, 1.82) is 0 Å². The second kappa shape index (κ2) is 6.85. The molecule has 3 saturated heterocycles. The number of rotatable bonds is 3. The Morgan fingerprint density at radius 1 is 1.00 bits per heavy atom. The number of piperidine rings is 2. The quantitative estimate of drug-likeness (QED) is 0.681. The lowest BCUT2D eigenvalue weighted by Crippen LogP contribution is -2.55. The van der Waals surface area contributed by atoms with Gasteiger partial charge in [-0.2, -0.15) is 0 Å². The molecule has 6 heteroatoms. The van der Waals surface area contributed by atoms with Gasteiger partial charge in [0.25, 0.3) is 0 Å². The van der Waals surface area contributed by atoms with Gasteiger partial charge < -0.3 is 10.2 Å². The van der Waals surface area contributed by atoms with Crippen molar-refractivity contribution in [2.75, 3.05) is 45.8 Å². The van der Waals surface area contributed by atoms with Crippen molar-refractivity contribution in [3.63, 3.8) is 0 Å². The Morgan fingerprint density at radius 3 is 2.38 bits per heavy atom. The van der Waals surface area contributed by atoms with E-state index in [4.69, 9.17) is 0 Å². The molecule has 2 N–H and O–H groups in total. The van der Waals surface area contributed by atoms with Gasteiger partial charge in [-0.3, -0.25) is 19.8 Å². The highest BCUT2D eigenvalue weighted by molar-refractivity contribution is 6.00. The number of hydrogen-bond acceptors (Lipinski definition) is 5. The van der Waals surface area contributed by atoms with Crippen LogP contribution in [0.1, 0.15) is 25.7 Å². The molecule has 0 spiro atoms. The summed E-state index contributed by atoms with van der Waals surface area (Å²) in [7, 11) is 0. The first-order chi connectivity index (χ1) is 10.2. The molecule has 0 aromatic carbocycles. The molecule has 2 amide bonds. The van der Waals surface area contributed by atoms with Crippen molar-refractivity contribution < 1.29 is 9.59 Å². The van der Waals surface area contributed by atoms with Gasteiger partial charge in [0.2, 0.25) is 11.8 Å². The summed E-state index contributed by atoms with van der Waals surface area (Å²) in [5.41, 5.74) is 0. The van der Waals surface area contributed by atoms with Crippen LogP contribution in [0.25, 0.3) is 0 Å². The molecule has 3 heterocycles. The highest BCUT2D eigenvalue weighted by atomic mass is 16.2. The van der Waals surface area contributed by atoms with E-state index >= 15 is 0 Å². The van der Waals surface area contributed by atoms with Crippen molar-refractivity contribution in [3.05, 3.63) is 0 Å². The van der Waals surface area contributed by atoms with E-state index in [1.54, 1.807) is 0 Å². The fourth-order valence-electron chi connectivity index (χ4n) is 3.74. The van der Waals surface area contributed by atoms with E-state index in [2.05, 4.69) is 20.4 Å². The van der Waals surface area contributed by atoms with Crippen LogP contribution in [0, 0.1) is 5.92 Å². The number of likely N-dealkylation sites (tertiary alicyclic amines) is 1. The molecule has 6 nitrogen and oxygen atoms in total. The summed E-state index contributed by atoms with van der Waals surface area (Å²) in [4.78, 5) is 28.0. The molecule has 0 aromatic heterocycles. The minimum atomic E-state index is -0.121. The number of carbonyl (C=O) groups is 2. The van der Waals surface area contributed by atoms with Gasteiger partial charge in [0.1, 0.15) is 0 Å². The Balaban J connectivity index is 1.44. The summed E-state index contributed by atoms with van der Waals surface area (Å²) in [6.45, 7) is 7.71. The van der Waals surface area contributed by atoms with Gasteiger partial charge in [0.05, 0.1) is 6.04 Å². The molecular weight excluding hydrogens is 268 g/mol. The zero-order valence-electron chi connectivity index (χ0n) is 12.6. The van der Waals surface area contributed by atoms with Crippen LogP contribution in [0.3, 0.4) is 0 Å². The number of imide groups is 1. The third-order valence-corrected chi connectivity index (χ3v) is 5.03. The van der Waals surface area contributed by atoms with Crippen LogP contribution in [-0.4, -0.2) is 73.5 Å². The second-order valence-electron chi connectivity index (χ2n) is 6.50. The van der Waals surface area contributed by atoms with E-state index in [-0.39, 0.29) is 17.9 Å². The molecule has 1 atom stereocenters. The van der Waals surface area contributed by atoms with E-state index in [0.717, 1.165) is 45.2 Å². The summed E-state index contributed by atoms with van der Waals surface area (Å²) >= 11 is 0. The lowest BCUT2D eigenvalue weighted by molar-refractivity contribution is -0.138. The Kier molecular flexibility index (Phi) is 4.87. The fraction of sp³-hybridized carbons (Fsp3) is 0.867. The first-order valence-corrected chi connectivity index (χ1v) is 8.23. The molecule has 3 fully saturated rings. The average molecular weight is 294 g/mol. The van der Waals surface area contributed by atoms with Crippen molar-refractivity contribution in [1.82, 2.24) is 20.4 Å². The van der Waals surface area contributed by atoms with Gasteiger partial charge in [-0.25, -0.2) is 0 Å². The van der Waals surface area contributed by atoms with Crippen LogP contribution in [0.5, 0.6) is 0 Å². The zero-order valence-corrected chi connectivity index (χ0v) is 12.6. The zero-order chi connectivity index (χ0) is 14.7. The molecule has 3 aliphatic heterocycles.